The minimum absolute atomic E-state index is 0.0701. The predicted molar refractivity (Wildman–Crippen MR) is 141 cm³/mol. The van der Waals surface area contributed by atoms with Crippen molar-refractivity contribution in [1.82, 2.24) is 10.6 Å². The molecule has 2 aromatic carbocycles. The molecule has 0 unspecified atom stereocenters. The summed E-state index contributed by atoms with van der Waals surface area (Å²) in [5.74, 6) is -1.86. The molecule has 3 amide bonds. The molecule has 200 valence electrons. The van der Waals surface area contributed by atoms with E-state index in [4.69, 9.17) is 32.9 Å². The van der Waals surface area contributed by atoms with Gasteiger partial charge >= 0.3 is 0 Å². The maximum atomic E-state index is 13.4. The zero-order chi connectivity index (χ0) is 27.7. The first-order chi connectivity index (χ1) is 18.1. The summed E-state index contributed by atoms with van der Waals surface area (Å²) < 4.78 is 5.32. The average Bonchev–Trinajstić information content (AvgIpc) is 2.89. The van der Waals surface area contributed by atoms with Crippen LogP contribution in [-0.2, 0) is 32.0 Å². The Balaban J connectivity index is 1.75. The molecule has 38 heavy (non-hydrogen) atoms. The molecule has 1 aliphatic heterocycles. The van der Waals surface area contributed by atoms with Crippen LogP contribution in [0.4, 0.5) is 5.69 Å². The van der Waals surface area contributed by atoms with Gasteiger partial charge in [-0.1, -0.05) is 24.3 Å². The zero-order valence-corrected chi connectivity index (χ0v) is 20.9. The first-order valence-corrected chi connectivity index (χ1v) is 12.0. The highest BCUT2D eigenvalue weighted by atomic mass is 16.5. The Morgan fingerprint density at radius 2 is 1.53 bits per heavy atom. The van der Waals surface area contributed by atoms with Crippen molar-refractivity contribution in [2.45, 2.75) is 43.3 Å². The van der Waals surface area contributed by atoms with Gasteiger partial charge in [0.1, 0.15) is 11.6 Å². The third-order valence-electron chi connectivity index (χ3n) is 6.32. The Kier molecular flexibility index (Phi) is 9.37. The van der Waals surface area contributed by atoms with Gasteiger partial charge in [0.25, 0.3) is 0 Å². The van der Waals surface area contributed by atoms with E-state index in [1.807, 2.05) is 6.07 Å². The summed E-state index contributed by atoms with van der Waals surface area (Å²) in [6.45, 7) is 0.533. The van der Waals surface area contributed by atoms with Crippen molar-refractivity contribution in [3.63, 3.8) is 0 Å². The van der Waals surface area contributed by atoms with Crippen LogP contribution in [0, 0.1) is 11.3 Å². The lowest BCUT2D eigenvalue weighted by Crippen LogP contribution is -2.64. The van der Waals surface area contributed by atoms with Crippen molar-refractivity contribution < 1.29 is 19.1 Å². The molecule has 12 heteroatoms. The molecular formula is C26H32N8O4. The fraction of sp³-hybridized carbons (Fsp3) is 0.346. The average molecular weight is 521 g/mol. The lowest BCUT2D eigenvalue weighted by atomic mass is 9.88. The standard InChI is InChI=1S/C26H32N8O4/c27-15-18-3-1-17(2-4-18)14-21(23(36)34-26(24(29)37)9-11-38-12-10-26)33-22(35)20(28)13-16-5-7-19(8-6-16)32-25(30)31/h1-8,20-21H,9-14,28H2,(H2,29,37)(H,33,35)(H,34,36)(H4,30,31,32)/t20-,21-/m0/s1. The Labute approximate surface area is 220 Å². The number of primary amides is 1. The number of amides is 3. The summed E-state index contributed by atoms with van der Waals surface area (Å²) in [6, 6.07) is 13.5. The number of carbonyl (C=O) groups excluding carboxylic acids is 3. The first kappa shape index (κ1) is 28.1. The Morgan fingerprint density at radius 3 is 2.08 bits per heavy atom. The molecule has 1 aliphatic rings. The van der Waals surface area contributed by atoms with Gasteiger partial charge in [-0.3, -0.25) is 14.4 Å². The number of carbonyl (C=O) groups is 3. The van der Waals surface area contributed by atoms with Crippen molar-refractivity contribution >= 4 is 29.4 Å². The smallest absolute Gasteiger partial charge is 0.243 e. The fourth-order valence-electron chi connectivity index (χ4n) is 4.12. The number of guanidine groups is 1. The summed E-state index contributed by atoms with van der Waals surface area (Å²) in [5, 5.41) is 14.5. The van der Waals surface area contributed by atoms with Gasteiger partial charge in [0.2, 0.25) is 17.7 Å². The molecule has 10 N–H and O–H groups in total. The summed E-state index contributed by atoms with van der Waals surface area (Å²) in [5.41, 5.74) is 23.8. The van der Waals surface area contributed by atoms with Gasteiger partial charge < -0.3 is 38.3 Å². The molecule has 1 heterocycles. The van der Waals surface area contributed by atoms with Gasteiger partial charge in [0.05, 0.1) is 23.4 Å². The number of hydrogen-bond acceptors (Lipinski definition) is 7. The van der Waals surface area contributed by atoms with E-state index >= 15 is 0 Å². The molecule has 1 fully saturated rings. The highest BCUT2D eigenvalue weighted by Crippen LogP contribution is 2.21. The minimum Gasteiger partial charge on any atom is -0.381 e. The van der Waals surface area contributed by atoms with Crippen LogP contribution in [0.5, 0.6) is 0 Å². The molecule has 0 saturated carbocycles. The SMILES string of the molecule is N#Cc1ccc(C[C@H](NC(=O)[C@@H](N)Cc2ccc(N=C(N)N)cc2)C(=O)NC2(C(N)=O)CCOCC2)cc1. The van der Waals surface area contributed by atoms with E-state index < -0.39 is 35.3 Å². The maximum Gasteiger partial charge on any atom is 0.243 e. The van der Waals surface area contributed by atoms with E-state index in [0.717, 1.165) is 5.56 Å². The third-order valence-corrected chi connectivity index (χ3v) is 6.32. The van der Waals surface area contributed by atoms with Crippen LogP contribution in [0.2, 0.25) is 0 Å². The molecule has 2 aromatic rings. The van der Waals surface area contributed by atoms with Gasteiger partial charge in [0, 0.05) is 32.5 Å². The summed E-state index contributed by atoms with van der Waals surface area (Å²) in [6.07, 6.45) is 0.748. The van der Waals surface area contributed by atoms with E-state index in [2.05, 4.69) is 15.6 Å². The molecule has 0 aliphatic carbocycles. The topological polar surface area (TPSA) is 225 Å². The van der Waals surface area contributed by atoms with Crippen molar-refractivity contribution in [1.29, 1.82) is 5.26 Å². The highest BCUT2D eigenvalue weighted by Gasteiger charge is 2.41. The molecular weight excluding hydrogens is 488 g/mol. The van der Waals surface area contributed by atoms with Gasteiger partial charge in [-0.15, -0.1) is 0 Å². The van der Waals surface area contributed by atoms with Crippen LogP contribution >= 0.6 is 0 Å². The van der Waals surface area contributed by atoms with Gasteiger partial charge in [0.15, 0.2) is 5.96 Å². The van der Waals surface area contributed by atoms with Gasteiger partial charge in [-0.2, -0.15) is 5.26 Å². The molecule has 12 nitrogen and oxygen atoms in total. The second-order valence-electron chi connectivity index (χ2n) is 9.14. The Bertz CT molecular complexity index is 1210. The van der Waals surface area contributed by atoms with E-state index in [-0.39, 0.29) is 44.9 Å². The second kappa shape index (κ2) is 12.7. The van der Waals surface area contributed by atoms with E-state index in [9.17, 15) is 14.4 Å². The maximum absolute atomic E-state index is 13.4. The lowest BCUT2D eigenvalue weighted by molar-refractivity contribution is -0.137. The molecule has 2 atom stereocenters. The quantitative estimate of drug-likeness (QED) is 0.171. The van der Waals surface area contributed by atoms with Crippen molar-refractivity contribution in [2.75, 3.05) is 13.2 Å². The van der Waals surface area contributed by atoms with E-state index in [0.29, 0.717) is 16.8 Å². The van der Waals surface area contributed by atoms with Crippen molar-refractivity contribution in [2.24, 2.45) is 27.9 Å². The van der Waals surface area contributed by atoms with Crippen molar-refractivity contribution in [3.8, 4) is 6.07 Å². The number of hydrogen-bond donors (Lipinski definition) is 6. The molecule has 0 spiro atoms. The highest BCUT2D eigenvalue weighted by molar-refractivity contribution is 5.95. The largest absolute Gasteiger partial charge is 0.381 e. The van der Waals surface area contributed by atoms with Crippen LogP contribution < -0.4 is 33.6 Å². The molecule has 0 bridgehead atoms. The summed E-state index contributed by atoms with van der Waals surface area (Å²) >= 11 is 0. The zero-order valence-electron chi connectivity index (χ0n) is 20.9. The molecule has 0 aromatic heterocycles. The number of nitrogens with two attached hydrogens (primary N) is 4. The lowest BCUT2D eigenvalue weighted by Gasteiger charge is -2.36. The van der Waals surface area contributed by atoms with Crippen LogP contribution in [0.1, 0.15) is 29.5 Å². The first-order valence-electron chi connectivity index (χ1n) is 12.0. The van der Waals surface area contributed by atoms with Gasteiger partial charge in [-0.05, 0) is 41.8 Å². The van der Waals surface area contributed by atoms with Crippen LogP contribution in [0.25, 0.3) is 0 Å². The predicted octanol–water partition coefficient (Wildman–Crippen LogP) is -0.789. The number of nitriles is 1. The summed E-state index contributed by atoms with van der Waals surface area (Å²) in [7, 11) is 0. The normalized spacial score (nSPS) is 15.8. The Hall–Kier alpha value is -4.47. The number of ether oxygens (including phenoxy) is 1. The minimum atomic E-state index is -1.28. The molecule has 1 saturated heterocycles. The third kappa shape index (κ3) is 7.52. The van der Waals surface area contributed by atoms with Crippen LogP contribution in [0.15, 0.2) is 53.5 Å². The van der Waals surface area contributed by atoms with E-state index in [1.54, 1.807) is 48.5 Å². The monoisotopic (exact) mass is 520 g/mol. The van der Waals surface area contributed by atoms with Crippen LogP contribution in [-0.4, -0.2) is 54.5 Å². The number of nitrogens with one attached hydrogen (secondary N) is 2. The fourth-order valence-corrected chi connectivity index (χ4v) is 4.12. The van der Waals surface area contributed by atoms with Gasteiger partial charge in [-0.25, -0.2) is 4.99 Å². The number of aliphatic imine (C=N–C) groups is 1. The van der Waals surface area contributed by atoms with Crippen molar-refractivity contribution in [3.05, 3.63) is 65.2 Å². The number of rotatable bonds is 10. The number of benzene rings is 2. The summed E-state index contributed by atoms with van der Waals surface area (Å²) in [4.78, 5) is 42.7. The molecule has 0 radical (unpaired) electrons. The Morgan fingerprint density at radius 1 is 0.947 bits per heavy atom. The number of nitrogens with zero attached hydrogens (tertiary/aromatic N) is 2. The van der Waals surface area contributed by atoms with Crippen LogP contribution in [0.3, 0.4) is 0 Å². The second-order valence-corrected chi connectivity index (χ2v) is 9.14. The molecule has 3 rings (SSSR count). The van der Waals surface area contributed by atoms with E-state index in [1.165, 1.54) is 0 Å².